The Hall–Kier alpha value is -3.02. The van der Waals surface area contributed by atoms with Crippen molar-refractivity contribution in [3.05, 3.63) is 72.6 Å². The van der Waals surface area contributed by atoms with Crippen LogP contribution in [-0.4, -0.2) is 17.0 Å². The number of rotatable bonds is 3. The van der Waals surface area contributed by atoms with Gasteiger partial charge in [-0.1, -0.05) is 18.7 Å². The van der Waals surface area contributed by atoms with Gasteiger partial charge in [0, 0.05) is 11.1 Å². The summed E-state index contributed by atoms with van der Waals surface area (Å²) in [5.74, 6) is 0.0893. The summed E-state index contributed by atoms with van der Waals surface area (Å²) < 4.78 is 38.1. The molecule has 3 rings (SSSR count). The number of allylic oxidation sites excluding steroid dienone is 2. The van der Waals surface area contributed by atoms with Crippen LogP contribution < -0.4 is 0 Å². The third-order valence-electron chi connectivity index (χ3n) is 3.03. The normalized spacial score (nSPS) is 11.0. The Kier molecular flexibility index (Phi) is 5.78. The third-order valence-corrected chi connectivity index (χ3v) is 3.03. The van der Waals surface area contributed by atoms with Crippen LogP contribution in [0.15, 0.2) is 65.6 Å². The second-order valence-electron chi connectivity index (χ2n) is 4.60. The summed E-state index contributed by atoms with van der Waals surface area (Å²) in [6.07, 6.45) is 2.99. The molecular formula is C18H14F3NO2. The lowest BCUT2D eigenvalue weighted by Crippen LogP contribution is -1.81. The van der Waals surface area contributed by atoms with E-state index in [4.69, 9.17) is 4.42 Å². The van der Waals surface area contributed by atoms with Crippen LogP contribution in [0.1, 0.15) is 5.56 Å². The molecule has 0 fully saturated rings. The van der Waals surface area contributed by atoms with Gasteiger partial charge in [0.25, 0.3) is 0 Å². The number of aliphatic hydroxyl groups excluding tert-OH is 1. The van der Waals surface area contributed by atoms with Crippen LogP contribution in [0.4, 0.5) is 13.2 Å². The molecule has 0 unspecified atom stereocenters. The zero-order valence-corrected chi connectivity index (χ0v) is 12.5. The molecule has 6 heteroatoms. The highest BCUT2D eigenvalue weighted by atomic mass is 19.3. The molecule has 0 saturated carbocycles. The van der Waals surface area contributed by atoms with Crippen LogP contribution in [0.25, 0.3) is 28.3 Å². The van der Waals surface area contributed by atoms with Crippen LogP contribution in [-0.2, 0) is 0 Å². The van der Waals surface area contributed by atoms with Crippen molar-refractivity contribution in [1.29, 1.82) is 0 Å². The fourth-order valence-electron chi connectivity index (χ4n) is 2.04. The predicted octanol–water partition coefficient (Wildman–Crippen LogP) is 5.60. The van der Waals surface area contributed by atoms with Crippen LogP contribution in [0, 0.1) is 5.82 Å². The summed E-state index contributed by atoms with van der Waals surface area (Å²) >= 11 is 0. The first-order chi connectivity index (χ1) is 11.6. The van der Waals surface area contributed by atoms with Gasteiger partial charge in [0.1, 0.15) is 17.1 Å². The number of benzene rings is 2. The Bertz CT molecular complexity index is 872. The van der Waals surface area contributed by atoms with E-state index in [0.29, 0.717) is 28.1 Å². The van der Waals surface area contributed by atoms with Crippen LogP contribution in [0.2, 0.25) is 0 Å². The van der Waals surface area contributed by atoms with Gasteiger partial charge in [-0.25, -0.2) is 18.2 Å². The SMILES string of the molecule is C=C/C=C(\O)c1ccc2nc(-c3cccc(F)c3)oc2c1.FCF. The van der Waals surface area contributed by atoms with E-state index < -0.39 is 6.93 Å². The molecule has 0 aliphatic carbocycles. The van der Waals surface area contributed by atoms with E-state index in [9.17, 15) is 18.3 Å². The molecular weight excluding hydrogens is 319 g/mol. The Morgan fingerprint density at radius 2 is 1.96 bits per heavy atom. The summed E-state index contributed by atoms with van der Waals surface area (Å²) in [6.45, 7) is 1.78. The molecule has 124 valence electrons. The predicted molar refractivity (Wildman–Crippen MR) is 87.3 cm³/mol. The van der Waals surface area contributed by atoms with Crippen molar-refractivity contribution < 1.29 is 22.7 Å². The maximum atomic E-state index is 13.2. The molecule has 0 saturated heterocycles. The lowest BCUT2D eigenvalue weighted by molar-refractivity contribution is 0.295. The molecule has 0 aliphatic heterocycles. The highest BCUT2D eigenvalue weighted by Gasteiger charge is 2.10. The zero-order valence-electron chi connectivity index (χ0n) is 12.5. The number of halogens is 3. The van der Waals surface area contributed by atoms with Crippen molar-refractivity contribution in [2.45, 2.75) is 0 Å². The minimum atomic E-state index is -1.75. The summed E-state index contributed by atoms with van der Waals surface area (Å²) in [5.41, 5.74) is 2.34. The Balaban J connectivity index is 0.000000647. The Morgan fingerprint density at radius 1 is 1.21 bits per heavy atom. The maximum absolute atomic E-state index is 13.2. The molecule has 0 spiro atoms. The number of aliphatic hydroxyl groups is 1. The zero-order chi connectivity index (χ0) is 17.5. The van der Waals surface area contributed by atoms with Crippen molar-refractivity contribution in [2.75, 3.05) is 6.93 Å². The average Bonchev–Trinajstić information content (AvgIpc) is 2.99. The molecule has 3 aromatic rings. The molecule has 1 aromatic heterocycles. The van der Waals surface area contributed by atoms with Gasteiger partial charge in [0.2, 0.25) is 12.8 Å². The first kappa shape index (κ1) is 17.3. The number of nitrogens with zero attached hydrogens (tertiary/aromatic N) is 1. The minimum absolute atomic E-state index is 0.0932. The van der Waals surface area contributed by atoms with Crippen molar-refractivity contribution in [3.8, 4) is 11.5 Å². The van der Waals surface area contributed by atoms with Crippen LogP contribution in [0.3, 0.4) is 0 Å². The monoisotopic (exact) mass is 333 g/mol. The lowest BCUT2D eigenvalue weighted by Gasteiger charge is -1.97. The van der Waals surface area contributed by atoms with E-state index in [0.717, 1.165) is 0 Å². The first-order valence-corrected chi connectivity index (χ1v) is 6.89. The largest absolute Gasteiger partial charge is 0.507 e. The second-order valence-corrected chi connectivity index (χ2v) is 4.60. The molecule has 1 heterocycles. The quantitative estimate of drug-likeness (QED) is 0.501. The minimum Gasteiger partial charge on any atom is -0.507 e. The number of oxazole rings is 1. The summed E-state index contributed by atoms with van der Waals surface area (Å²) in [5, 5.41) is 9.82. The maximum Gasteiger partial charge on any atom is 0.229 e. The average molecular weight is 333 g/mol. The van der Waals surface area contributed by atoms with E-state index >= 15 is 0 Å². The molecule has 0 atom stereocenters. The van der Waals surface area contributed by atoms with Crippen LogP contribution >= 0.6 is 0 Å². The molecule has 1 N–H and O–H groups in total. The van der Waals surface area contributed by atoms with Gasteiger partial charge >= 0.3 is 0 Å². The molecule has 0 radical (unpaired) electrons. The second kappa shape index (κ2) is 8.01. The van der Waals surface area contributed by atoms with Crippen LogP contribution in [0.5, 0.6) is 0 Å². The smallest absolute Gasteiger partial charge is 0.229 e. The lowest BCUT2D eigenvalue weighted by atomic mass is 10.1. The fourth-order valence-corrected chi connectivity index (χ4v) is 2.04. The van der Waals surface area contributed by atoms with Gasteiger partial charge in [-0.3, -0.25) is 0 Å². The highest BCUT2D eigenvalue weighted by Crippen LogP contribution is 2.26. The van der Waals surface area contributed by atoms with Crippen molar-refractivity contribution in [3.63, 3.8) is 0 Å². The number of hydrogen-bond donors (Lipinski definition) is 1. The molecule has 0 aliphatic rings. The molecule has 0 bridgehead atoms. The number of alkyl halides is 2. The van der Waals surface area contributed by atoms with E-state index in [2.05, 4.69) is 11.6 Å². The molecule has 3 nitrogen and oxygen atoms in total. The summed E-state index contributed by atoms with van der Waals surface area (Å²) in [4.78, 5) is 4.32. The first-order valence-electron chi connectivity index (χ1n) is 6.89. The van der Waals surface area contributed by atoms with E-state index in [1.165, 1.54) is 24.3 Å². The van der Waals surface area contributed by atoms with Crippen molar-refractivity contribution in [2.24, 2.45) is 0 Å². The molecule has 2 aromatic carbocycles. The third kappa shape index (κ3) is 4.04. The summed E-state index contributed by atoms with van der Waals surface area (Å²) in [7, 11) is 0. The number of fused-ring (bicyclic) bond motifs is 1. The van der Waals surface area contributed by atoms with Gasteiger partial charge in [-0.15, -0.1) is 0 Å². The summed E-state index contributed by atoms with van der Waals surface area (Å²) in [6, 6.07) is 11.2. The number of aromatic nitrogens is 1. The highest BCUT2D eigenvalue weighted by molar-refractivity contribution is 5.80. The van der Waals surface area contributed by atoms with Gasteiger partial charge in [-0.2, -0.15) is 0 Å². The molecule has 24 heavy (non-hydrogen) atoms. The topological polar surface area (TPSA) is 46.3 Å². The Labute approximate surface area is 136 Å². The van der Waals surface area contributed by atoms with Gasteiger partial charge in [0.05, 0.1) is 0 Å². The van der Waals surface area contributed by atoms with E-state index in [1.807, 2.05) is 0 Å². The van der Waals surface area contributed by atoms with E-state index in [-0.39, 0.29) is 11.6 Å². The molecule has 0 amide bonds. The van der Waals surface area contributed by atoms with Crippen molar-refractivity contribution >= 4 is 16.9 Å². The Morgan fingerprint density at radius 3 is 2.62 bits per heavy atom. The standard InChI is InChI=1S/C17H12FNO2.CH2F2/c1-2-4-15(20)11-7-8-14-16(10-11)21-17(19-14)12-5-3-6-13(18)9-12;2-1-3/h2-10,20H,1H2;1H2/b15-4-;. The fraction of sp³-hybridized carbons (Fsp3) is 0.0556. The number of hydrogen-bond acceptors (Lipinski definition) is 3. The van der Waals surface area contributed by atoms with Gasteiger partial charge in [-0.05, 0) is 42.5 Å². The van der Waals surface area contributed by atoms with Crippen molar-refractivity contribution in [1.82, 2.24) is 4.98 Å². The van der Waals surface area contributed by atoms with E-state index in [1.54, 1.807) is 30.3 Å². The van der Waals surface area contributed by atoms with Gasteiger partial charge < -0.3 is 9.52 Å². The van der Waals surface area contributed by atoms with Gasteiger partial charge in [0.15, 0.2) is 5.58 Å².